The number of aromatic amines is 1. The summed E-state index contributed by atoms with van der Waals surface area (Å²) in [7, 11) is 3.50. The Balaban J connectivity index is 1.49. The molecule has 4 aromatic heterocycles. The van der Waals surface area contributed by atoms with E-state index < -0.39 is 0 Å². The van der Waals surface area contributed by atoms with Crippen molar-refractivity contribution in [2.24, 2.45) is 7.05 Å². The van der Waals surface area contributed by atoms with Crippen molar-refractivity contribution in [3.63, 3.8) is 0 Å². The van der Waals surface area contributed by atoms with Crippen molar-refractivity contribution in [2.45, 2.75) is 6.42 Å². The van der Waals surface area contributed by atoms with Crippen LogP contribution < -0.4 is 4.74 Å². The Morgan fingerprint density at radius 1 is 1.17 bits per heavy atom. The number of ether oxygens (including phenoxy) is 1. The number of fused-ring (bicyclic) bond motifs is 1. The van der Waals surface area contributed by atoms with E-state index >= 15 is 0 Å². The molecular formula is C21H17ClN6O2. The van der Waals surface area contributed by atoms with E-state index in [1.807, 2.05) is 43.8 Å². The first-order valence-electron chi connectivity index (χ1n) is 9.22. The first kappa shape index (κ1) is 18.4. The lowest BCUT2D eigenvalue weighted by atomic mass is 10.1. The lowest BCUT2D eigenvalue weighted by Gasteiger charge is -2.06. The smallest absolute Gasteiger partial charge is 0.249 e. The van der Waals surface area contributed by atoms with Gasteiger partial charge in [-0.1, -0.05) is 11.6 Å². The fraction of sp³-hybridized carbons (Fsp3) is 0.143. The molecule has 0 saturated heterocycles. The topological polar surface area (TPSA) is 94.7 Å². The van der Waals surface area contributed by atoms with Gasteiger partial charge in [0.05, 0.1) is 25.3 Å². The maximum Gasteiger partial charge on any atom is 0.249 e. The summed E-state index contributed by atoms with van der Waals surface area (Å²) in [4.78, 5) is 7.66. The van der Waals surface area contributed by atoms with E-state index in [-0.39, 0.29) is 0 Å². The number of halogens is 1. The van der Waals surface area contributed by atoms with E-state index in [2.05, 4.69) is 25.3 Å². The third kappa shape index (κ3) is 3.31. The van der Waals surface area contributed by atoms with Crippen LogP contribution in [0.4, 0.5) is 0 Å². The average molecular weight is 421 g/mol. The maximum atomic E-state index is 6.12. The van der Waals surface area contributed by atoms with Gasteiger partial charge in [0.2, 0.25) is 11.8 Å². The minimum Gasteiger partial charge on any atom is -0.496 e. The van der Waals surface area contributed by atoms with E-state index in [9.17, 15) is 0 Å². The quantitative estimate of drug-likeness (QED) is 0.456. The number of rotatable bonds is 5. The Bertz CT molecular complexity index is 1350. The van der Waals surface area contributed by atoms with Gasteiger partial charge in [-0.15, -0.1) is 10.2 Å². The van der Waals surface area contributed by atoms with Gasteiger partial charge in [0.15, 0.2) is 0 Å². The highest BCUT2D eigenvalue weighted by atomic mass is 35.5. The number of nitrogens with zero attached hydrogens (tertiary/aromatic N) is 5. The third-order valence-corrected chi connectivity index (χ3v) is 5.09. The summed E-state index contributed by atoms with van der Waals surface area (Å²) in [5.74, 6) is 1.61. The monoisotopic (exact) mass is 420 g/mol. The molecule has 1 aromatic carbocycles. The third-order valence-electron chi connectivity index (χ3n) is 4.85. The number of hydrogen-bond donors (Lipinski definition) is 1. The molecule has 5 rings (SSSR count). The summed E-state index contributed by atoms with van der Waals surface area (Å²) in [6.07, 6.45) is 7.79. The summed E-state index contributed by atoms with van der Waals surface area (Å²) < 4.78 is 13.1. The molecule has 0 radical (unpaired) electrons. The molecular weight excluding hydrogens is 404 g/mol. The Hall–Kier alpha value is -3.65. The zero-order valence-electron chi connectivity index (χ0n) is 16.3. The highest BCUT2D eigenvalue weighted by Gasteiger charge is 2.16. The van der Waals surface area contributed by atoms with E-state index in [0.717, 1.165) is 39.0 Å². The maximum absolute atomic E-state index is 6.12. The van der Waals surface area contributed by atoms with Crippen LogP contribution in [0.25, 0.3) is 33.6 Å². The first-order chi connectivity index (χ1) is 14.6. The van der Waals surface area contributed by atoms with Crippen LogP contribution in [-0.4, -0.2) is 37.1 Å². The van der Waals surface area contributed by atoms with Gasteiger partial charge in [0, 0.05) is 52.7 Å². The highest BCUT2D eigenvalue weighted by Crippen LogP contribution is 2.31. The predicted octanol–water partition coefficient (Wildman–Crippen LogP) is 4.27. The molecule has 0 spiro atoms. The number of pyridine rings is 1. The van der Waals surface area contributed by atoms with Crippen molar-refractivity contribution >= 4 is 22.6 Å². The summed E-state index contributed by atoms with van der Waals surface area (Å²) in [6, 6.07) is 7.47. The molecule has 5 aromatic rings. The summed E-state index contributed by atoms with van der Waals surface area (Å²) in [6.45, 7) is 0. The SMILES string of the molecule is COc1ccc(Cl)cc1Cc1nnc(-c2c[nH]c3ncc(-c4cnn(C)c4)cc23)o1. The Morgan fingerprint density at radius 3 is 2.87 bits per heavy atom. The second-order valence-corrected chi connectivity index (χ2v) is 7.30. The van der Waals surface area contributed by atoms with Gasteiger partial charge < -0.3 is 14.1 Å². The van der Waals surface area contributed by atoms with Gasteiger partial charge in [0.1, 0.15) is 11.4 Å². The summed E-state index contributed by atoms with van der Waals surface area (Å²) in [5.41, 5.74) is 4.35. The van der Waals surface area contributed by atoms with Crippen LogP contribution >= 0.6 is 11.6 Å². The Morgan fingerprint density at radius 2 is 2.07 bits per heavy atom. The Labute approximate surface area is 176 Å². The van der Waals surface area contributed by atoms with Crippen LogP contribution in [0, 0.1) is 0 Å². The van der Waals surface area contributed by atoms with Crippen molar-refractivity contribution in [1.29, 1.82) is 0 Å². The second-order valence-electron chi connectivity index (χ2n) is 6.86. The first-order valence-corrected chi connectivity index (χ1v) is 9.60. The highest BCUT2D eigenvalue weighted by molar-refractivity contribution is 6.30. The molecule has 1 N–H and O–H groups in total. The fourth-order valence-electron chi connectivity index (χ4n) is 3.39. The number of aromatic nitrogens is 6. The normalized spacial score (nSPS) is 11.3. The molecule has 0 saturated carbocycles. The second kappa shape index (κ2) is 7.31. The molecule has 0 atom stereocenters. The van der Waals surface area contributed by atoms with Gasteiger partial charge >= 0.3 is 0 Å². The minimum absolute atomic E-state index is 0.415. The van der Waals surface area contributed by atoms with Crippen molar-refractivity contribution in [3.8, 4) is 28.3 Å². The van der Waals surface area contributed by atoms with Crippen molar-refractivity contribution in [2.75, 3.05) is 7.11 Å². The fourth-order valence-corrected chi connectivity index (χ4v) is 3.59. The van der Waals surface area contributed by atoms with Crippen LogP contribution in [0.3, 0.4) is 0 Å². The Kier molecular flexibility index (Phi) is 4.48. The molecule has 150 valence electrons. The molecule has 4 heterocycles. The number of benzene rings is 1. The number of methoxy groups -OCH3 is 1. The molecule has 0 fully saturated rings. The number of H-pyrrole nitrogens is 1. The number of nitrogens with one attached hydrogen (secondary N) is 1. The molecule has 0 amide bonds. The predicted molar refractivity (Wildman–Crippen MR) is 112 cm³/mol. The van der Waals surface area contributed by atoms with Crippen LogP contribution in [-0.2, 0) is 13.5 Å². The molecule has 30 heavy (non-hydrogen) atoms. The number of hydrogen-bond acceptors (Lipinski definition) is 6. The van der Waals surface area contributed by atoms with Crippen LogP contribution in [0.1, 0.15) is 11.5 Å². The van der Waals surface area contributed by atoms with E-state index in [1.165, 1.54) is 0 Å². The lowest BCUT2D eigenvalue weighted by molar-refractivity contribution is 0.408. The minimum atomic E-state index is 0.415. The van der Waals surface area contributed by atoms with Crippen molar-refractivity contribution < 1.29 is 9.15 Å². The molecule has 0 aliphatic rings. The van der Waals surface area contributed by atoms with Gasteiger partial charge in [-0.05, 0) is 24.3 Å². The van der Waals surface area contributed by atoms with Gasteiger partial charge in [-0.2, -0.15) is 5.10 Å². The van der Waals surface area contributed by atoms with Crippen LogP contribution in [0.15, 0.2) is 53.5 Å². The molecule has 9 heteroatoms. The zero-order chi connectivity index (χ0) is 20.7. The zero-order valence-corrected chi connectivity index (χ0v) is 17.0. The average Bonchev–Trinajstić information content (AvgIpc) is 3.47. The van der Waals surface area contributed by atoms with Crippen molar-refractivity contribution in [1.82, 2.24) is 29.9 Å². The summed E-state index contributed by atoms with van der Waals surface area (Å²) >= 11 is 6.12. The van der Waals surface area contributed by atoms with E-state index in [0.29, 0.717) is 23.2 Å². The molecule has 8 nitrogen and oxygen atoms in total. The van der Waals surface area contributed by atoms with Crippen LogP contribution in [0.5, 0.6) is 5.75 Å². The number of aryl methyl sites for hydroxylation is 1. The molecule has 0 bridgehead atoms. The molecule has 0 aliphatic carbocycles. The lowest BCUT2D eigenvalue weighted by Crippen LogP contribution is -1.94. The van der Waals surface area contributed by atoms with Crippen LogP contribution in [0.2, 0.25) is 5.02 Å². The van der Waals surface area contributed by atoms with E-state index in [1.54, 1.807) is 24.1 Å². The standard InChI is InChI=1S/C21H17ClN6O2/c1-28-11-14(9-25-28)13-6-16-17(10-24-20(16)23-8-13)21-27-26-19(30-21)7-12-5-15(22)3-4-18(12)29-2/h3-6,8-11H,7H2,1-2H3,(H,23,24). The summed E-state index contributed by atoms with van der Waals surface area (Å²) in [5, 5.41) is 14.2. The van der Waals surface area contributed by atoms with Gasteiger partial charge in [-0.3, -0.25) is 4.68 Å². The molecule has 0 unspecified atom stereocenters. The van der Waals surface area contributed by atoms with Gasteiger partial charge in [-0.25, -0.2) is 4.98 Å². The van der Waals surface area contributed by atoms with E-state index in [4.69, 9.17) is 20.8 Å². The van der Waals surface area contributed by atoms with Crippen molar-refractivity contribution in [3.05, 3.63) is 65.5 Å². The largest absolute Gasteiger partial charge is 0.496 e. The van der Waals surface area contributed by atoms with Gasteiger partial charge in [0.25, 0.3) is 0 Å². The molecule has 0 aliphatic heterocycles.